The summed E-state index contributed by atoms with van der Waals surface area (Å²) in [5.74, 6) is 5.85. The zero-order chi connectivity index (χ0) is 22.2. The highest BCUT2D eigenvalue weighted by Gasteiger charge is 2.52. The maximum atomic E-state index is 4.49. The van der Waals surface area contributed by atoms with Gasteiger partial charge in [-0.05, 0) is 105 Å². The smallest absolute Gasteiger partial charge is 0.148 e. The number of anilines is 1. The van der Waals surface area contributed by atoms with Gasteiger partial charge in [-0.2, -0.15) is 5.10 Å². The number of nitrogens with zero attached hydrogens (tertiary/aromatic N) is 5. The molecule has 4 bridgehead atoms. The standard InChI is InChI=1S/C27H38N6/c1-17-24(15-32(2)31-17)25-3-4-26(30-29-25)28-23-8-21-13-33(14-22(21)9-23)16-27-10-18-5-19(11-27)7-20(6-18)12-27/h3-4,15,18-23H,5-14,16H2,1-2H3,(H,28,30)/t18?,19?,20?,21-,22+,23+,27?. The first-order valence-electron chi connectivity index (χ1n) is 13.3. The molecule has 0 radical (unpaired) electrons. The van der Waals surface area contributed by atoms with Gasteiger partial charge in [0.25, 0.3) is 0 Å². The SMILES string of the molecule is Cc1nn(C)cc1-c1ccc(N[C@H]2C[C@@H]3CN(CC45CC6CC(CC(C6)C4)C5)C[C@@H]3C2)nn1. The maximum absolute atomic E-state index is 4.49. The molecule has 8 rings (SSSR count). The summed E-state index contributed by atoms with van der Waals surface area (Å²) in [6.07, 6.45) is 13.9. The predicted molar refractivity (Wildman–Crippen MR) is 130 cm³/mol. The molecule has 6 nitrogen and oxygen atoms in total. The van der Waals surface area contributed by atoms with Gasteiger partial charge >= 0.3 is 0 Å². The Balaban J connectivity index is 0.947. The highest BCUT2D eigenvalue weighted by Crippen LogP contribution is 2.60. The molecule has 5 aliphatic carbocycles. The van der Waals surface area contributed by atoms with E-state index in [-0.39, 0.29) is 0 Å². The number of aryl methyl sites for hydroxylation is 2. The van der Waals surface area contributed by atoms with E-state index < -0.39 is 0 Å². The van der Waals surface area contributed by atoms with Crippen molar-refractivity contribution in [3.8, 4) is 11.3 Å². The molecule has 2 aromatic heterocycles. The Morgan fingerprint density at radius 2 is 1.61 bits per heavy atom. The van der Waals surface area contributed by atoms with Gasteiger partial charge in [0.05, 0.1) is 11.4 Å². The molecule has 0 unspecified atom stereocenters. The van der Waals surface area contributed by atoms with Crippen LogP contribution in [0.3, 0.4) is 0 Å². The summed E-state index contributed by atoms with van der Waals surface area (Å²) >= 11 is 0. The van der Waals surface area contributed by atoms with Crippen molar-refractivity contribution in [1.82, 2.24) is 24.9 Å². The molecule has 33 heavy (non-hydrogen) atoms. The minimum Gasteiger partial charge on any atom is -0.366 e. The quantitative estimate of drug-likeness (QED) is 0.732. The van der Waals surface area contributed by atoms with E-state index in [1.807, 2.05) is 24.9 Å². The van der Waals surface area contributed by atoms with Gasteiger partial charge in [-0.15, -0.1) is 10.2 Å². The van der Waals surface area contributed by atoms with Crippen LogP contribution in [0, 0.1) is 41.9 Å². The normalized spacial score (nSPS) is 39.3. The largest absolute Gasteiger partial charge is 0.366 e. The van der Waals surface area contributed by atoms with Crippen LogP contribution in [-0.4, -0.2) is 50.6 Å². The van der Waals surface area contributed by atoms with E-state index in [1.54, 1.807) is 38.5 Å². The number of hydrogen-bond donors (Lipinski definition) is 1. The van der Waals surface area contributed by atoms with Gasteiger partial charge in [-0.25, -0.2) is 0 Å². The molecule has 3 heterocycles. The lowest BCUT2D eigenvalue weighted by atomic mass is 9.49. The van der Waals surface area contributed by atoms with Crippen LogP contribution < -0.4 is 5.32 Å². The second-order valence-electron chi connectivity index (χ2n) is 12.6. The number of aromatic nitrogens is 4. The van der Waals surface area contributed by atoms with Crippen LogP contribution in [0.25, 0.3) is 11.3 Å². The van der Waals surface area contributed by atoms with E-state index in [0.29, 0.717) is 11.5 Å². The lowest BCUT2D eigenvalue weighted by molar-refractivity contribution is -0.0672. The third kappa shape index (κ3) is 3.69. The summed E-state index contributed by atoms with van der Waals surface area (Å²) in [5.41, 5.74) is 3.64. The van der Waals surface area contributed by atoms with Crippen LogP contribution in [-0.2, 0) is 7.05 Å². The molecule has 0 spiro atoms. The van der Waals surface area contributed by atoms with Gasteiger partial charge < -0.3 is 10.2 Å². The van der Waals surface area contributed by atoms with Crippen molar-refractivity contribution in [1.29, 1.82) is 0 Å². The Hall–Kier alpha value is -1.95. The summed E-state index contributed by atoms with van der Waals surface area (Å²) in [6, 6.07) is 4.70. The average molecular weight is 447 g/mol. The Morgan fingerprint density at radius 1 is 0.939 bits per heavy atom. The summed E-state index contributed by atoms with van der Waals surface area (Å²) in [4.78, 5) is 2.88. The second kappa shape index (κ2) is 7.53. The van der Waals surface area contributed by atoms with Crippen LogP contribution in [0.15, 0.2) is 18.3 Å². The van der Waals surface area contributed by atoms with Gasteiger partial charge in [-0.1, -0.05) is 0 Å². The summed E-state index contributed by atoms with van der Waals surface area (Å²) in [6.45, 7) is 6.08. The highest BCUT2D eigenvalue weighted by molar-refractivity contribution is 5.61. The maximum Gasteiger partial charge on any atom is 0.148 e. The number of likely N-dealkylation sites (tertiary alicyclic amines) is 1. The molecule has 1 aliphatic heterocycles. The predicted octanol–water partition coefficient (Wildman–Crippen LogP) is 4.52. The topological polar surface area (TPSA) is 58.9 Å². The number of rotatable bonds is 5. The first-order chi connectivity index (χ1) is 16.0. The van der Waals surface area contributed by atoms with E-state index in [9.17, 15) is 0 Å². The highest BCUT2D eigenvalue weighted by atomic mass is 15.3. The third-order valence-corrected chi connectivity index (χ3v) is 9.86. The minimum atomic E-state index is 0.543. The van der Waals surface area contributed by atoms with Gasteiger partial charge in [0.2, 0.25) is 0 Å². The fourth-order valence-corrected chi connectivity index (χ4v) is 9.22. The number of nitrogens with one attached hydrogen (secondary N) is 1. The van der Waals surface area contributed by atoms with E-state index in [1.165, 1.54) is 32.5 Å². The van der Waals surface area contributed by atoms with Crippen molar-refractivity contribution in [3.63, 3.8) is 0 Å². The number of fused-ring (bicyclic) bond motifs is 1. The minimum absolute atomic E-state index is 0.543. The van der Waals surface area contributed by atoms with Gasteiger partial charge in [0.1, 0.15) is 5.82 Å². The Bertz CT molecular complexity index is 976. The molecule has 176 valence electrons. The van der Waals surface area contributed by atoms with Crippen molar-refractivity contribution in [2.45, 2.75) is 64.3 Å². The Kier molecular flexibility index (Phi) is 4.66. The van der Waals surface area contributed by atoms with Crippen molar-refractivity contribution >= 4 is 5.82 Å². The molecule has 2 aromatic rings. The van der Waals surface area contributed by atoms with Gasteiger partial charge in [0.15, 0.2) is 0 Å². The van der Waals surface area contributed by atoms with Crippen molar-refractivity contribution in [2.75, 3.05) is 25.0 Å². The summed E-state index contributed by atoms with van der Waals surface area (Å²) < 4.78 is 1.84. The zero-order valence-electron chi connectivity index (χ0n) is 20.2. The van der Waals surface area contributed by atoms with Crippen molar-refractivity contribution < 1.29 is 0 Å². The summed E-state index contributed by atoms with van der Waals surface area (Å²) in [5, 5.41) is 17.1. The molecule has 6 fully saturated rings. The molecule has 6 aliphatic rings. The van der Waals surface area contributed by atoms with Gasteiger partial charge in [-0.3, -0.25) is 4.68 Å². The third-order valence-electron chi connectivity index (χ3n) is 9.86. The second-order valence-corrected chi connectivity index (χ2v) is 12.6. The van der Waals surface area contributed by atoms with E-state index >= 15 is 0 Å². The zero-order valence-corrected chi connectivity index (χ0v) is 20.2. The molecular weight excluding hydrogens is 408 g/mol. The fourth-order valence-electron chi connectivity index (χ4n) is 9.22. The molecule has 3 atom stereocenters. The van der Waals surface area contributed by atoms with Crippen molar-refractivity contribution in [3.05, 3.63) is 24.0 Å². The average Bonchev–Trinajstić information content (AvgIpc) is 3.39. The van der Waals surface area contributed by atoms with Crippen molar-refractivity contribution in [2.24, 2.45) is 42.1 Å². The monoisotopic (exact) mass is 446 g/mol. The van der Waals surface area contributed by atoms with E-state index in [4.69, 9.17) is 0 Å². The van der Waals surface area contributed by atoms with Gasteiger partial charge in [0, 0.05) is 44.5 Å². The molecule has 6 heteroatoms. The van der Waals surface area contributed by atoms with Crippen LogP contribution in [0.2, 0.25) is 0 Å². The Labute approximate surface area is 197 Å². The molecule has 1 N–H and O–H groups in total. The molecule has 0 aromatic carbocycles. The van der Waals surface area contributed by atoms with Crippen LogP contribution >= 0.6 is 0 Å². The lowest BCUT2D eigenvalue weighted by Gasteiger charge is -2.57. The molecule has 0 amide bonds. The molecule has 5 saturated carbocycles. The van der Waals surface area contributed by atoms with Crippen LogP contribution in [0.1, 0.15) is 57.1 Å². The first-order valence-corrected chi connectivity index (χ1v) is 13.3. The van der Waals surface area contributed by atoms with E-state index in [0.717, 1.165) is 52.4 Å². The lowest BCUT2D eigenvalue weighted by Crippen LogP contribution is -2.51. The molecular formula is C27H38N6. The molecule has 1 saturated heterocycles. The first kappa shape index (κ1) is 20.4. The number of hydrogen-bond acceptors (Lipinski definition) is 5. The Morgan fingerprint density at radius 3 is 2.15 bits per heavy atom. The van der Waals surface area contributed by atoms with E-state index in [2.05, 4.69) is 37.6 Å². The van der Waals surface area contributed by atoms with Crippen LogP contribution in [0.4, 0.5) is 5.82 Å². The summed E-state index contributed by atoms with van der Waals surface area (Å²) in [7, 11) is 1.95. The fraction of sp³-hybridized carbons (Fsp3) is 0.741. The van der Waals surface area contributed by atoms with Crippen LogP contribution in [0.5, 0.6) is 0 Å².